The molecule has 14 nitrogen and oxygen atoms in total. The average molecular weight is 1190 g/mol. The van der Waals surface area contributed by atoms with Gasteiger partial charge in [-0.25, -0.2) is 0 Å². The van der Waals surface area contributed by atoms with Gasteiger partial charge >= 0.3 is 0 Å². The maximum Gasteiger partial charge on any atom is 0.220 e. The van der Waals surface area contributed by atoms with E-state index in [0.717, 1.165) is 64.2 Å². The van der Waals surface area contributed by atoms with E-state index in [1.165, 1.54) is 161 Å². The molecule has 486 valence electrons. The zero-order valence-electron chi connectivity index (χ0n) is 52.6. The van der Waals surface area contributed by atoms with Crippen molar-refractivity contribution in [3.8, 4) is 0 Å². The van der Waals surface area contributed by atoms with Gasteiger partial charge in [0, 0.05) is 6.42 Å². The predicted molar refractivity (Wildman–Crippen MR) is 341 cm³/mol. The molecule has 0 aromatic rings. The highest BCUT2D eigenvalue weighted by molar-refractivity contribution is 5.76. The molecule has 0 radical (unpaired) electrons. The van der Waals surface area contributed by atoms with Crippen molar-refractivity contribution in [3.05, 3.63) is 85.1 Å². The summed E-state index contributed by atoms with van der Waals surface area (Å²) in [5, 5.41) is 87.3. The number of nitrogens with one attached hydrogen (secondary N) is 1. The largest absolute Gasteiger partial charge is 0.394 e. The van der Waals surface area contributed by atoms with Crippen LogP contribution in [0, 0.1) is 0 Å². The van der Waals surface area contributed by atoms with Gasteiger partial charge in [-0.2, -0.15) is 0 Å². The highest BCUT2D eigenvalue weighted by Crippen LogP contribution is 2.30. The number of hydrogen-bond acceptors (Lipinski definition) is 13. The second-order valence-corrected chi connectivity index (χ2v) is 23.6. The van der Waals surface area contributed by atoms with Crippen LogP contribution in [0.25, 0.3) is 0 Å². The van der Waals surface area contributed by atoms with Crippen LogP contribution in [0.15, 0.2) is 85.1 Å². The number of unbranched alkanes of at least 4 members (excludes halogenated alkanes) is 29. The third-order valence-electron chi connectivity index (χ3n) is 16.1. The van der Waals surface area contributed by atoms with Gasteiger partial charge in [0.2, 0.25) is 5.91 Å². The highest BCUT2D eigenvalue weighted by Gasteiger charge is 2.51. The molecule has 0 aromatic heterocycles. The fraction of sp³-hybridized carbons (Fsp3) is 0.786. The fourth-order valence-electron chi connectivity index (χ4n) is 10.7. The van der Waals surface area contributed by atoms with Gasteiger partial charge in [-0.3, -0.25) is 4.79 Å². The van der Waals surface area contributed by atoms with Crippen molar-refractivity contribution in [2.24, 2.45) is 0 Å². The quantitative estimate of drug-likeness (QED) is 0.0204. The van der Waals surface area contributed by atoms with Crippen LogP contribution in [0.3, 0.4) is 0 Å². The van der Waals surface area contributed by atoms with Crippen molar-refractivity contribution in [1.29, 1.82) is 0 Å². The lowest BCUT2D eigenvalue weighted by atomic mass is 9.97. The van der Waals surface area contributed by atoms with Gasteiger partial charge in [0.15, 0.2) is 12.6 Å². The molecule has 14 heteroatoms. The number of aliphatic hydroxyl groups is 8. The topological polar surface area (TPSA) is 228 Å². The highest BCUT2D eigenvalue weighted by atomic mass is 16.7. The number of ether oxygens (including phenoxy) is 4. The Morgan fingerprint density at radius 2 is 0.833 bits per heavy atom. The summed E-state index contributed by atoms with van der Waals surface area (Å²) >= 11 is 0. The number of carbonyl (C=O) groups is 1. The minimum Gasteiger partial charge on any atom is -0.394 e. The molecule has 1 amide bonds. The Morgan fingerprint density at radius 3 is 1.31 bits per heavy atom. The Hall–Kier alpha value is -2.83. The van der Waals surface area contributed by atoms with E-state index in [-0.39, 0.29) is 18.9 Å². The Bertz CT molecular complexity index is 1730. The lowest BCUT2D eigenvalue weighted by Crippen LogP contribution is -2.65. The first kappa shape index (κ1) is 77.3. The van der Waals surface area contributed by atoms with E-state index >= 15 is 0 Å². The van der Waals surface area contributed by atoms with Gasteiger partial charge in [0.25, 0.3) is 0 Å². The number of carbonyl (C=O) groups excluding carboxylic acids is 1. The summed E-state index contributed by atoms with van der Waals surface area (Å²) in [6.07, 6.45) is 57.8. The molecular weight excluding hydrogens is 1060 g/mol. The summed E-state index contributed by atoms with van der Waals surface area (Å²) in [4.78, 5) is 13.3. The molecule has 2 aliphatic heterocycles. The van der Waals surface area contributed by atoms with Gasteiger partial charge < -0.3 is 65.1 Å². The monoisotopic (exact) mass is 1190 g/mol. The Labute approximate surface area is 510 Å². The van der Waals surface area contributed by atoms with E-state index in [2.05, 4.69) is 92.1 Å². The molecule has 0 spiro atoms. The molecule has 9 N–H and O–H groups in total. The smallest absolute Gasteiger partial charge is 0.220 e. The first-order chi connectivity index (χ1) is 41.1. The second kappa shape index (κ2) is 54.3. The molecule has 12 atom stereocenters. The lowest BCUT2D eigenvalue weighted by Gasteiger charge is -2.46. The minimum absolute atomic E-state index is 0.249. The summed E-state index contributed by atoms with van der Waals surface area (Å²) in [6.45, 7) is 2.68. The number of rotatable bonds is 54. The summed E-state index contributed by atoms with van der Waals surface area (Å²) in [7, 11) is 0. The first-order valence-electron chi connectivity index (χ1n) is 33.8. The summed E-state index contributed by atoms with van der Waals surface area (Å²) in [5.41, 5.74) is 0. The second-order valence-electron chi connectivity index (χ2n) is 23.6. The van der Waals surface area contributed by atoms with E-state index in [9.17, 15) is 45.6 Å². The van der Waals surface area contributed by atoms with E-state index in [1.807, 2.05) is 6.08 Å². The van der Waals surface area contributed by atoms with Gasteiger partial charge in [-0.1, -0.05) is 259 Å². The van der Waals surface area contributed by atoms with Gasteiger partial charge in [-0.15, -0.1) is 0 Å². The molecule has 0 bridgehead atoms. The molecule has 2 heterocycles. The molecule has 0 saturated carbocycles. The molecule has 2 saturated heterocycles. The van der Waals surface area contributed by atoms with Crippen LogP contribution in [-0.2, 0) is 23.7 Å². The normalized spacial score (nSPS) is 24.2. The lowest BCUT2D eigenvalue weighted by molar-refractivity contribution is -0.359. The zero-order chi connectivity index (χ0) is 60.9. The van der Waals surface area contributed by atoms with Crippen LogP contribution in [0.5, 0.6) is 0 Å². The molecule has 2 aliphatic rings. The zero-order valence-corrected chi connectivity index (χ0v) is 52.6. The molecular formula is C70H123NO13. The summed E-state index contributed by atoms with van der Waals surface area (Å²) in [6, 6.07) is -0.935. The van der Waals surface area contributed by atoms with Crippen LogP contribution < -0.4 is 5.32 Å². The average Bonchev–Trinajstić information content (AvgIpc) is 3.17. The summed E-state index contributed by atoms with van der Waals surface area (Å²) in [5.74, 6) is -0.249. The molecule has 2 rings (SSSR count). The van der Waals surface area contributed by atoms with E-state index in [0.29, 0.717) is 12.8 Å². The van der Waals surface area contributed by atoms with Crippen LogP contribution in [0.4, 0.5) is 0 Å². The first-order valence-corrected chi connectivity index (χ1v) is 33.8. The van der Waals surface area contributed by atoms with Gasteiger partial charge in [0.1, 0.15) is 48.8 Å². The van der Waals surface area contributed by atoms with Gasteiger partial charge in [0.05, 0.1) is 32.0 Å². The third kappa shape index (κ3) is 38.4. The van der Waals surface area contributed by atoms with E-state index in [4.69, 9.17) is 18.9 Å². The maximum absolute atomic E-state index is 13.3. The maximum atomic E-state index is 13.3. The molecule has 0 aromatic carbocycles. The van der Waals surface area contributed by atoms with Crippen molar-refractivity contribution in [3.63, 3.8) is 0 Å². The minimum atomic E-state index is -1.79. The van der Waals surface area contributed by atoms with Gasteiger partial charge in [-0.05, 0) is 77.0 Å². The van der Waals surface area contributed by atoms with Crippen molar-refractivity contribution in [2.45, 2.75) is 331 Å². The van der Waals surface area contributed by atoms with Crippen LogP contribution in [0.2, 0.25) is 0 Å². The number of amides is 1. The number of aliphatic hydroxyl groups excluding tert-OH is 8. The van der Waals surface area contributed by atoms with Crippen LogP contribution >= 0.6 is 0 Å². The van der Waals surface area contributed by atoms with Crippen molar-refractivity contribution in [2.75, 3.05) is 19.8 Å². The number of hydrogen-bond donors (Lipinski definition) is 9. The molecule has 12 unspecified atom stereocenters. The Balaban J connectivity index is 1.66. The van der Waals surface area contributed by atoms with Crippen molar-refractivity contribution >= 4 is 5.91 Å². The Morgan fingerprint density at radius 1 is 0.440 bits per heavy atom. The standard InChI is InChI=1S/C70H123NO13/c1-3-5-7-9-11-13-15-17-19-21-22-23-24-25-26-27-28-29-30-31-32-33-34-35-36-38-40-42-44-46-48-50-52-54-62(75)71-58(59(74)53-51-49-47-45-43-41-39-37-20-18-16-14-12-10-8-6-4-2)57-81-69-67(80)65(78)68(61(56-73)83-69)84-70-66(79)64(77)63(76)60(55-72)82-70/h5,7,11,13,17,19,22-23,25-26,43,45,51,53,58-61,63-70,72-74,76-80H,3-4,6,8-10,12,14-16,18,20-21,24,27-42,44,46-50,52,54-57H2,1-2H3,(H,71,75)/b7-5-,13-11-,19-17-,23-22-,26-25-,45-43+,53-51+. The van der Waals surface area contributed by atoms with E-state index in [1.54, 1.807) is 6.08 Å². The van der Waals surface area contributed by atoms with Crippen molar-refractivity contribution in [1.82, 2.24) is 5.32 Å². The SMILES string of the molecule is CC/C=C\C/C=C\C/C=C\C/C=C\C/C=C\CCCCCCCCCCCCCCCCCCCC(=O)NC(COC1OC(CO)C(OC2OC(CO)C(O)C(O)C2O)C(O)C1O)C(O)/C=C/CC/C=C/CCCCCCCCCCCCC. The van der Waals surface area contributed by atoms with Crippen LogP contribution in [0.1, 0.15) is 258 Å². The number of allylic oxidation sites excluding steroid dienone is 13. The van der Waals surface area contributed by atoms with E-state index < -0.39 is 86.8 Å². The van der Waals surface area contributed by atoms with Crippen LogP contribution in [-0.4, -0.2) is 140 Å². The fourth-order valence-corrected chi connectivity index (χ4v) is 10.7. The third-order valence-corrected chi connectivity index (χ3v) is 16.1. The molecule has 0 aliphatic carbocycles. The predicted octanol–water partition coefficient (Wildman–Crippen LogP) is 13.2. The Kier molecular flexibility index (Phi) is 50.0. The summed E-state index contributed by atoms with van der Waals surface area (Å²) < 4.78 is 22.8. The van der Waals surface area contributed by atoms with Crippen molar-refractivity contribution < 1.29 is 64.6 Å². The molecule has 84 heavy (non-hydrogen) atoms. The molecule has 2 fully saturated rings.